The molecule has 2 N–H and O–H groups in total. The maximum absolute atomic E-state index is 12.3. The van der Waals surface area contributed by atoms with E-state index in [0.29, 0.717) is 25.2 Å². The van der Waals surface area contributed by atoms with Gasteiger partial charge in [-0.1, -0.05) is 18.2 Å². The second-order valence-corrected chi connectivity index (χ2v) is 5.08. The lowest BCUT2D eigenvalue weighted by Crippen LogP contribution is -2.42. The summed E-state index contributed by atoms with van der Waals surface area (Å²) in [6.07, 6.45) is 3.59. The fourth-order valence-electron chi connectivity index (χ4n) is 2.27. The van der Waals surface area contributed by atoms with Crippen LogP contribution in [0.4, 0.5) is 4.79 Å². The molecule has 22 heavy (non-hydrogen) atoms. The highest BCUT2D eigenvalue weighted by molar-refractivity contribution is 5.74. The van der Waals surface area contributed by atoms with Gasteiger partial charge in [-0.15, -0.1) is 0 Å². The third-order valence-electron chi connectivity index (χ3n) is 3.57. The number of hydrogen-bond donors (Lipinski definition) is 2. The summed E-state index contributed by atoms with van der Waals surface area (Å²) in [6, 6.07) is 8.48. The van der Waals surface area contributed by atoms with E-state index in [-0.39, 0.29) is 17.8 Å². The fraction of sp³-hybridized carbons (Fsp3) is 0.375. The van der Waals surface area contributed by atoms with Crippen LogP contribution in [0.2, 0.25) is 0 Å². The van der Waals surface area contributed by atoms with Crippen molar-refractivity contribution in [2.75, 3.05) is 13.1 Å². The summed E-state index contributed by atoms with van der Waals surface area (Å²) in [6.45, 7) is 5.64. The zero-order chi connectivity index (χ0) is 15.9. The average molecular weight is 302 g/mol. The maximum atomic E-state index is 12.3. The lowest BCUT2D eigenvalue weighted by atomic mass is 10.1. The summed E-state index contributed by atoms with van der Waals surface area (Å²) in [5.74, 6) is 0.190. The molecule has 1 heterocycles. The molecule has 6 heteroatoms. The Kier molecular flexibility index (Phi) is 5.41. The van der Waals surface area contributed by atoms with Crippen molar-refractivity contribution in [2.24, 2.45) is 0 Å². The first-order chi connectivity index (χ1) is 10.6. The number of benzene rings is 1. The molecular formula is C16H22N4O2. The number of aromatic hydroxyl groups is 1. The summed E-state index contributed by atoms with van der Waals surface area (Å²) in [5, 5.41) is 16.9. The molecule has 0 fully saturated rings. The second-order valence-electron chi connectivity index (χ2n) is 5.08. The van der Waals surface area contributed by atoms with Crippen LogP contribution in [0.5, 0.6) is 5.75 Å². The van der Waals surface area contributed by atoms with Crippen LogP contribution in [-0.4, -0.2) is 38.9 Å². The van der Waals surface area contributed by atoms with Crippen LogP contribution in [0.1, 0.15) is 25.5 Å². The van der Waals surface area contributed by atoms with Gasteiger partial charge >= 0.3 is 6.03 Å². The van der Waals surface area contributed by atoms with Crippen molar-refractivity contribution >= 4 is 6.03 Å². The molecule has 0 aliphatic heterocycles. The molecule has 0 aliphatic carbocycles. The van der Waals surface area contributed by atoms with E-state index in [1.807, 2.05) is 32.2 Å². The normalized spacial score (nSPS) is 11.9. The Morgan fingerprint density at radius 1 is 1.41 bits per heavy atom. The number of urea groups is 1. The Morgan fingerprint density at radius 2 is 2.18 bits per heavy atom. The van der Waals surface area contributed by atoms with Crippen molar-refractivity contribution in [1.29, 1.82) is 0 Å². The van der Waals surface area contributed by atoms with E-state index in [4.69, 9.17) is 0 Å². The van der Waals surface area contributed by atoms with Crippen LogP contribution in [-0.2, 0) is 6.54 Å². The number of amides is 2. The zero-order valence-corrected chi connectivity index (χ0v) is 12.9. The average Bonchev–Trinajstić information content (AvgIpc) is 3.01. The van der Waals surface area contributed by atoms with Crippen LogP contribution >= 0.6 is 0 Å². The molecule has 0 saturated heterocycles. The summed E-state index contributed by atoms with van der Waals surface area (Å²) in [5.41, 5.74) is 0.707. The minimum atomic E-state index is -0.257. The minimum absolute atomic E-state index is 0.148. The highest BCUT2D eigenvalue weighted by atomic mass is 16.3. The van der Waals surface area contributed by atoms with Crippen molar-refractivity contribution in [3.8, 4) is 5.75 Å². The van der Waals surface area contributed by atoms with Gasteiger partial charge in [-0.3, -0.25) is 4.68 Å². The van der Waals surface area contributed by atoms with Gasteiger partial charge in [0.05, 0.1) is 12.6 Å². The van der Waals surface area contributed by atoms with Crippen molar-refractivity contribution in [2.45, 2.75) is 26.4 Å². The molecule has 2 amide bonds. The largest absolute Gasteiger partial charge is 0.508 e. The van der Waals surface area contributed by atoms with Crippen molar-refractivity contribution in [3.63, 3.8) is 0 Å². The predicted molar refractivity (Wildman–Crippen MR) is 84.5 cm³/mol. The maximum Gasteiger partial charge on any atom is 0.317 e. The number of carbonyl (C=O) groups is 1. The topological polar surface area (TPSA) is 70.4 Å². The molecule has 118 valence electrons. The molecule has 0 spiro atoms. The second kappa shape index (κ2) is 7.49. The molecular weight excluding hydrogens is 280 g/mol. The van der Waals surface area contributed by atoms with Crippen LogP contribution < -0.4 is 5.32 Å². The molecule has 2 aromatic rings. The Labute approximate surface area is 130 Å². The van der Waals surface area contributed by atoms with Gasteiger partial charge in [-0.2, -0.15) is 5.10 Å². The first-order valence-electron chi connectivity index (χ1n) is 7.42. The van der Waals surface area contributed by atoms with Crippen molar-refractivity contribution < 1.29 is 9.90 Å². The molecule has 1 aromatic carbocycles. The smallest absolute Gasteiger partial charge is 0.317 e. The number of phenols is 1. The number of likely N-dealkylation sites (N-methyl/N-ethyl adjacent to an activating group) is 1. The van der Waals surface area contributed by atoms with Gasteiger partial charge in [0.2, 0.25) is 0 Å². The van der Waals surface area contributed by atoms with E-state index >= 15 is 0 Å². The standard InChI is InChI=1S/C16H22N4O2/c1-3-19(11-12-20-10-6-9-17-20)16(22)18-13(2)14-7-4-5-8-15(14)21/h4-10,13,21H,3,11-12H2,1-2H3,(H,18,22)/t13-/m0/s1. The first kappa shape index (κ1) is 15.9. The predicted octanol–water partition coefficient (Wildman–Crippen LogP) is 2.38. The highest BCUT2D eigenvalue weighted by Gasteiger charge is 2.16. The highest BCUT2D eigenvalue weighted by Crippen LogP contribution is 2.23. The molecule has 0 bridgehead atoms. The van der Waals surface area contributed by atoms with Gasteiger partial charge < -0.3 is 15.3 Å². The number of nitrogens with one attached hydrogen (secondary N) is 1. The van der Waals surface area contributed by atoms with E-state index in [1.165, 1.54) is 0 Å². The van der Waals surface area contributed by atoms with Crippen LogP contribution in [0.3, 0.4) is 0 Å². The van der Waals surface area contributed by atoms with E-state index < -0.39 is 0 Å². The van der Waals surface area contributed by atoms with Gasteiger partial charge in [0, 0.05) is 31.0 Å². The molecule has 0 saturated carbocycles. The van der Waals surface area contributed by atoms with Crippen LogP contribution in [0.15, 0.2) is 42.7 Å². The minimum Gasteiger partial charge on any atom is -0.508 e. The van der Waals surface area contributed by atoms with Crippen LogP contribution in [0.25, 0.3) is 0 Å². The van der Waals surface area contributed by atoms with Gasteiger partial charge in [-0.05, 0) is 26.0 Å². The van der Waals surface area contributed by atoms with Crippen molar-refractivity contribution in [1.82, 2.24) is 20.0 Å². The Hall–Kier alpha value is -2.50. The summed E-state index contributed by atoms with van der Waals surface area (Å²) >= 11 is 0. The van der Waals surface area contributed by atoms with E-state index in [9.17, 15) is 9.90 Å². The first-order valence-corrected chi connectivity index (χ1v) is 7.42. The molecule has 1 atom stereocenters. The summed E-state index contributed by atoms with van der Waals surface area (Å²) in [7, 11) is 0. The van der Waals surface area contributed by atoms with E-state index in [1.54, 1.807) is 34.0 Å². The third kappa shape index (κ3) is 4.00. The number of aromatic nitrogens is 2. The zero-order valence-electron chi connectivity index (χ0n) is 12.9. The monoisotopic (exact) mass is 302 g/mol. The Bertz CT molecular complexity index is 598. The quantitative estimate of drug-likeness (QED) is 0.860. The molecule has 0 radical (unpaired) electrons. The molecule has 1 aromatic heterocycles. The lowest BCUT2D eigenvalue weighted by Gasteiger charge is -2.24. The number of rotatable bonds is 6. The Morgan fingerprint density at radius 3 is 2.82 bits per heavy atom. The number of carbonyl (C=O) groups excluding carboxylic acids is 1. The molecule has 6 nitrogen and oxygen atoms in total. The Balaban J connectivity index is 1.92. The fourth-order valence-corrected chi connectivity index (χ4v) is 2.27. The van der Waals surface area contributed by atoms with E-state index in [0.717, 1.165) is 0 Å². The van der Waals surface area contributed by atoms with Crippen LogP contribution in [0, 0.1) is 0 Å². The lowest BCUT2D eigenvalue weighted by molar-refractivity contribution is 0.194. The number of phenolic OH excluding ortho intramolecular Hbond substituents is 1. The SMILES string of the molecule is CCN(CCn1cccn1)C(=O)N[C@@H](C)c1ccccc1O. The molecule has 2 rings (SSSR count). The van der Waals surface area contributed by atoms with E-state index in [2.05, 4.69) is 10.4 Å². The van der Waals surface area contributed by atoms with Gasteiger partial charge in [0.1, 0.15) is 5.75 Å². The molecule has 0 unspecified atom stereocenters. The number of nitrogens with zero attached hydrogens (tertiary/aromatic N) is 3. The third-order valence-corrected chi connectivity index (χ3v) is 3.57. The number of hydrogen-bond acceptors (Lipinski definition) is 3. The number of para-hydroxylation sites is 1. The van der Waals surface area contributed by atoms with Gasteiger partial charge in [0.15, 0.2) is 0 Å². The molecule has 0 aliphatic rings. The van der Waals surface area contributed by atoms with Gasteiger partial charge in [0.25, 0.3) is 0 Å². The summed E-state index contributed by atoms with van der Waals surface area (Å²) in [4.78, 5) is 14.1. The van der Waals surface area contributed by atoms with Gasteiger partial charge in [-0.25, -0.2) is 4.79 Å². The summed E-state index contributed by atoms with van der Waals surface area (Å²) < 4.78 is 1.79. The van der Waals surface area contributed by atoms with Crippen molar-refractivity contribution in [3.05, 3.63) is 48.3 Å².